The first-order valence-corrected chi connectivity index (χ1v) is 7.12. The summed E-state index contributed by atoms with van der Waals surface area (Å²) in [5.74, 6) is 0. The summed E-state index contributed by atoms with van der Waals surface area (Å²) in [6.45, 7) is 12.5. The zero-order valence-electron chi connectivity index (χ0n) is 11.7. The number of rotatable bonds is 1. The van der Waals surface area contributed by atoms with Gasteiger partial charge in [-0.2, -0.15) is 0 Å². The first kappa shape index (κ1) is 13.3. The highest BCUT2D eigenvalue weighted by Gasteiger charge is 2.31. The van der Waals surface area contributed by atoms with E-state index in [1.807, 2.05) is 0 Å². The lowest BCUT2D eigenvalue weighted by Gasteiger charge is -2.38. The number of hydrogen-bond donors (Lipinski definition) is 1. The van der Waals surface area contributed by atoms with Crippen LogP contribution in [0.5, 0.6) is 0 Å². The Kier molecular flexibility index (Phi) is 4.45. The molecule has 2 atom stereocenters. The molecule has 3 nitrogen and oxygen atoms in total. The van der Waals surface area contributed by atoms with Gasteiger partial charge in [-0.3, -0.25) is 4.90 Å². The summed E-state index contributed by atoms with van der Waals surface area (Å²) in [6, 6.07) is 1.26. The quantitative estimate of drug-likeness (QED) is 0.757. The maximum atomic E-state index is 5.63. The Morgan fingerprint density at radius 2 is 2.06 bits per heavy atom. The van der Waals surface area contributed by atoms with Crippen LogP contribution in [0.2, 0.25) is 0 Å². The van der Waals surface area contributed by atoms with Crippen LogP contribution in [0.1, 0.15) is 40.0 Å². The van der Waals surface area contributed by atoms with Crippen LogP contribution in [0.4, 0.5) is 0 Å². The molecular formula is C14H28N2O. The maximum absolute atomic E-state index is 5.63. The zero-order chi connectivity index (χ0) is 12.3. The Labute approximate surface area is 106 Å². The van der Waals surface area contributed by atoms with Gasteiger partial charge in [-0.05, 0) is 37.8 Å². The molecule has 0 spiro atoms. The second-order valence-electron chi connectivity index (χ2n) is 6.59. The third-order valence-corrected chi connectivity index (χ3v) is 4.13. The maximum Gasteiger partial charge on any atom is 0.0621 e. The minimum Gasteiger partial charge on any atom is -0.380 e. The van der Waals surface area contributed by atoms with Crippen molar-refractivity contribution in [2.45, 2.75) is 52.1 Å². The molecule has 0 aromatic rings. The summed E-state index contributed by atoms with van der Waals surface area (Å²) in [5, 5.41) is 3.71. The fraction of sp³-hybridized carbons (Fsp3) is 1.00. The van der Waals surface area contributed by atoms with Crippen LogP contribution in [-0.2, 0) is 4.74 Å². The average Bonchev–Trinajstić information content (AvgIpc) is 2.55. The molecule has 2 saturated heterocycles. The standard InChI is InChI=1S/C14H28N2O/c1-14(2,3)13-10-16(8-5-7-15-13)12-6-4-9-17-11-12/h12-13,15H,4-11H2,1-3H3. The van der Waals surface area contributed by atoms with Crippen molar-refractivity contribution in [1.29, 1.82) is 0 Å². The molecule has 17 heavy (non-hydrogen) atoms. The third kappa shape index (κ3) is 3.67. The van der Waals surface area contributed by atoms with Gasteiger partial charge in [-0.15, -0.1) is 0 Å². The van der Waals surface area contributed by atoms with Crippen LogP contribution >= 0.6 is 0 Å². The molecule has 100 valence electrons. The summed E-state index contributed by atoms with van der Waals surface area (Å²) in [4.78, 5) is 2.66. The van der Waals surface area contributed by atoms with Crippen molar-refractivity contribution in [3.05, 3.63) is 0 Å². The number of ether oxygens (including phenoxy) is 1. The van der Waals surface area contributed by atoms with Gasteiger partial charge in [0.1, 0.15) is 0 Å². The number of nitrogens with zero attached hydrogens (tertiary/aromatic N) is 1. The second kappa shape index (κ2) is 5.68. The molecule has 2 unspecified atom stereocenters. The highest BCUT2D eigenvalue weighted by atomic mass is 16.5. The molecule has 0 radical (unpaired) electrons. The van der Waals surface area contributed by atoms with Crippen molar-refractivity contribution in [1.82, 2.24) is 10.2 Å². The lowest BCUT2D eigenvalue weighted by Crippen LogP contribution is -2.50. The molecule has 0 amide bonds. The summed E-state index contributed by atoms with van der Waals surface area (Å²) in [5.41, 5.74) is 0.345. The van der Waals surface area contributed by atoms with Crippen molar-refractivity contribution in [2.24, 2.45) is 5.41 Å². The predicted molar refractivity (Wildman–Crippen MR) is 71.3 cm³/mol. The molecule has 0 aliphatic carbocycles. The van der Waals surface area contributed by atoms with E-state index in [0.717, 1.165) is 19.8 Å². The summed E-state index contributed by atoms with van der Waals surface area (Å²) in [7, 11) is 0. The Bertz CT molecular complexity index is 231. The summed E-state index contributed by atoms with van der Waals surface area (Å²) in [6.07, 6.45) is 3.81. The first-order valence-electron chi connectivity index (χ1n) is 7.12. The number of nitrogens with one attached hydrogen (secondary N) is 1. The van der Waals surface area contributed by atoms with E-state index in [1.54, 1.807) is 0 Å². The van der Waals surface area contributed by atoms with Gasteiger partial charge in [0.05, 0.1) is 6.61 Å². The topological polar surface area (TPSA) is 24.5 Å². The van der Waals surface area contributed by atoms with Gasteiger partial charge >= 0.3 is 0 Å². The van der Waals surface area contributed by atoms with E-state index in [2.05, 4.69) is 31.0 Å². The molecule has 2 heterocycles. The van der Waals surface area contributed by atoms with E-state index in [4.69, 9.17) is 4.74 Å². The fourth-order valence-corrected chi connectivity index (χ4v) is 2.87. The van der Waals surface area contributed by atoms with Crippen LogP contribution < -0.4 is 5.32 Å². The van der Waals surface area contributed by atoms with E-state index in [9.17, 15) is 0 Å². The second-order valence-corrected chi connectivity index (χ2v) is 6.59. The minimum absolute atomic E-state index is 0.345. The summed E-state index contributed by atoms with van der Waals surface area (Å²) >= 11 is 0. The fourth-order valence-electron chi connectivity index (χ4n) is 2.87. The molecule has 2 aliphatic rings. The van der Waals surface area contributed by atoms with Crippen LogP contribution in [0.3, 0.4) is 0 Å². The van der Waals surface area contributed by atoms with E-state index < -0.39 is 0 Å². The minimum atomic E-state index is 0.345. The molecule has 2 fully saturated rings. The van der Waals surface area contributed by atoms with Gasteiger partial charge in [0.2, 0.25) is 0 Å². The van der Waals surface area contributed by atoms with Gasteiger partial charge in [-0.25, -0.2) is 0 Å². The number of hydrogen-bond acceptors (Lipinski definition) is 3. The van der Waals surface area contributed by atoms with E-state index in [1.165, 1.54) is 32.4 Å². The van der Waals surface area contributed by atoms with Crippen LogP contribution in [-0.4, -0.2) is 49.8 Å². The molecule has 0 aromatic carbocycles. The van der Waals surface area contributed by atoms with Crippen molar-refractivity contribution in [2.75, 3.05) is 32.8 Å². The van der Waals surface area contributed by atoms with Crippen molar-refractivity contribution in [3.63, 3.8) is 0 Å². The van der Waals surface area contributed by atoms with Gasteiger partial charge in [0.25, 0.3) is 0 Å². The van der Waals surface area contributed by atoms with E-state index >= 15 is 0 Å². The molecule has 0 aromatic heterocycles. The highest BCUT2D eigenvalue weighted by molar-refractivity contribution is 4.88. The lowest BCUT2D eigenvalue weighted by molar-refractivity contribution is 0.0131. The molecule has 0 saturated carbocycles. The Morgan fingerprint density at radius 1 is 1.24 bits per heavy atom. The Hall–Kier alpha value is -0.120. The van der Waals surface area contributed by atoms with E-state index in [0.29, 0.717) is 17.5 Å². The van der Waals surface area contributed by atoms with Crippen molar-refractivity contribution in [3.8, 4) is 0 Å². The molecule has 1 N–H and O–H groups in total. The third-order valence-electron chi connectivity index (χ3n) is 4.13. The monoisotopic (exact) mass is 240 g/mol. The Balaban J connectivity index is 1.96. The molecule has 0 bridgehead atoms. The average molecular weight is 240 g/mol. The normalized spacial score (nSPS) is 33.4. The van der Waals surface area contributed by atoms with Crippen molar-refractivity contribution >= 4 is 0 Å². The van der Waals surface area contributed by atoms with Crippen LogP contribution in [0, 0.1) is 5.41 Å². The largest absolute Gasteiger partial charge is 0.380 e. The van der Waals surface area contributed by atoms with Gasteiger partial charge in [-0.1, -0.05) is 20.8 Å². The van der Waals surface area contributed by atoms with Crippen LogP contribution in [0.25, 0.3) is 0 Å². The Morgan fingerprint density at radius 3 is 2.71 bits per heavy atom. The first-order chi connectivity index (χ1) is 8.07. The molecule has 3 heteroatoms. The van der Waals surface area contributed by atoms with Crippen molar-refractivity contribution < 1.29 is 4.74 Å². The van der Waals surface area contributed by atoms with E-state index in [-0.39, 0.29) is 0 Å². The SMILES string of the molecule is CC(C)(C)C1CN(C2CCCOC2)CCCN1. The van der Waals surface area contributed by atoms with Gasteiger partial charge < -0.3 is 10.1 Å². The molecule has 2 rings (SSSR count). The zero-order valence-corrected chi connectivity index (χ0v) is 11.7. The lowest BCUT2D eigenvalue weighted by atomic mass is 9.86. The van der Waals surface area contributed by atoms with Crippen LogP contribution in [0.15, 0.2) is 0 Å². The summed E-state index contributed by atoms with van der Waals surface area (Å²) < 4.78 is 5.63. The smallest absolute Gasteiger partial charge is 0.0621 e. The van der Waals surface area contributed by atoms with Gasteiger partial charge in [0.15, 0.2) is 0 Å². The molecular weight excluding hydrogens is 212 g/mol. The molecule has 2 aliphatic heterocycles. The van der Waals surface area contributed by atoms with Gasteiger partial charge in [0, 0.05) is 25.2 Å². The predicted octanol–water partition coefficient (Wildman–Crippen LogP) is 1.88. The highest BCUT2D eigenvalue weighted by Crippen LogP contribution is 2.24.